The average Bonchev–Trinajstić information content (AvgIpc) is 3.95. The van der Waals surface area contributed by atoms with Gasteiger partial charge >= 0.3 is 3.18 Å². The van der Waals surface area contributed by atoms with Crippen molar-refractivity contribution in [2.24, 2.45) is 0 Å². The summed E-state index contributed by atoms with van der Waals surface area (Å²) in [5.41, 5.74) is 6.77. The molecule has 0 spiro atoms. The van der Waals surface area contributed by atoms with Crippen LogP contribution in [0.3, 0.4) is 0 Å². The number of phenols is 1. The molecule has 2 fully saturated rings. The fourth-order valence-corrected chi connectivity index (χ4v) is 8.89. The predicted molar refractivity (Wildman–Crippen MR) is 300 cm³/mol. The zero-order valence-electron chi connectivity index (χ0n) is 38.2. The Kier molecular flexibility index (Phi) is 16.0. The number of nitrogens with one attached hydrogen (secondary N) is 2. The molecule has 2 aliphatic heterocycles. The van der Waals surface area contributed by atoms with Crippen molar-refractivity contribution in [3.63, 3.8) is 0 Å². The molecular weight excluding hydrogens is 1090 g/mol. The van der Waals surface area contributed by atoms with Gasteiger partial charge < -0.3 is 25.2 Å². The maximum absolute atomic E-state index is 10.2. The number of imidazole rings is 2. The first kappa shape index (κ1) is 49.7. The maximum Gasteiger partial charge on any atom is 0.369 e. The van der Waals surface area contributed by atoms with Crippen LogP contribution in [0.1, 0.15) is 38.7 Å². The number of nitrogens with zero attached hydrogens (tertiary/aromatic N) is 8. The molecule has 12 rings (SSSR count). The molecule has 17 heteroatoms. The molecule has 4 aromatic heterocycles. The highest BCUT2D eigenvalue weighted by Gasteiger charge is 2.21. The first-order chi connectivity index (χ1) is 34.2. The van der Waals surface area contributed by atoms with Crippen LogP contribution in [0.25, 0.3) is 78.0 Å². The van der Waals surface area contributed by atoms with E-state index >= 15 is 0 Å². The second kappa shape index (κ2) is 22.9. The Balaban J connectivity index is 0.000000162. The number of rotatable bonds is 8. The van der Waals surface area contributed by atoms with Crippen LogP contribution in [0.5, 0.6) is 5.75 Å². The van der Waals surface area contributed by atoms with Crippen LogP contribution >= 0.6 is 47.3 Å². The molecule has 0 bridgehead atoms. The number of aromatic hydroxyl groups is 1. The van der Waals surface area contributed by atoms with E-state index in [0.29, 0.717) is 23.8 Å². The Morgan fingerprint density at radius 2 is 0.972 bits per heavy atom. The molecule has 0 saturated carbocycles. The molecule has 0 amide bonds. The van der Waals surface area contributed by atoms with E-state index in [0.717, 1.165) is 108 Å². The number of anilines is 2. The van der Waals surface area contributed by atoms with Crippen LogP contribution in [0.4, 0.5) is 11.9 Å². The van der Waals surface area contributed by atoms with Crippen molar-refractivity contribution in [1.82, 2.24) is 39.0 Å². The van der Waals surface area contributed by atoms with E-state index < -0.39 is 0 Å². The van der Waals surface area contributed by atoms with Gasteiger partial charge in [0.05, 0.1) is 22.1 Å². The van der Waals surface area contributed by atoms with Crippen molar-refractivity contribution in [2.75, 3.05) is 37.1 Å². The van der Waals surface area contributed by atoms with Gasteiger partial charge in [-0.1, -0.05) is 86.3 Å². The highest BCUT2D eigenvalue weighted by molar-refractivity contribution is 9.69. The van der Waals surface area contributed by atoms with Crippen LogP contribution in [0, 0.1) is 6.92 Å². The number of fused-ring (bicyclic) bond motifs is 4. The van der Waals surface area contributed by atoms with E-state index in [4.69, 9.17) is 29.4 Å². The molecule has 2 saturated heterocycles. The number of aromatic nitrogens is 8. The van der Waals surface area contributed by atoms with Crippen LogP contribution in [0.15, 0.2) is 146 Å². The molecular formula is C54H52BBr3N10O3. The summed E-state index contributed by atoms with van der Waals surface area (Å²) >= 11 is 9.31. The third kappa shape index (κ3) is 11.8. The molecule has 3 N–H and O–H groups in total. The Labute approximate surface area is 437 Å². The second-order valence-electron chi connectivity index (χ2n) is 17.1. The number of benzene rings is 6. The van der Waals surface area contributed by atoms with Crippen molar-refractivity contribution in [2.45, 2.75) is 52.1 Å². The monoisotopic (exact) mass is 1140 g/mol. The molecule has 10 aromatic rings. The van der Waals surface area contributed by atoms with Gasteiger partial charge in [0, 0.05) is 68.1 Å². The summed E-state index contributed by atoms with van der Waals surface area (Å²) in [5.74, 6) is 4.52. The number of aryl methyl sites for hydroxylation is 1. The lowest BCUT2D eigenvalue weighted by molar-refractivity contribution is 0.0902. The van der Waals surface area contributed by atoms with Crippen LogP contribution < -0.4 is 10.6 Å². The lowest BCUT2D eigenvalue weighted by Crippen LogP contribution is -2.28. The van der Waals surface area contributed by atoms with E-state index in [1.54, 1.807) is 18.3 Å². The summed E-state index contributed by atoms with van der Waals surface area (Å²) in [7, 11) is 0. The molecule has 2 aliphatic rings. The minimum Gasteiger partial charge on any atom is -0.508 e. The first-order valence-corrected chi connectivity index (χ1v) is 25.9. The fraction of sp³-hybridized carbons (Fsp3) is 0.222. The number of ether oxygens (including phenoxy) is 2. The minimum absolute atomic E-state index is 0. The minimum atomic E-state index is 0. The second-order valence-corrected chi connectivity index (χ2v) is 23.6. The summed E-state index contributed by atoms with van der Waals surface area (Å²) in [6.45, 7) is 5.14. The van der Waals surface area contributed by atoms with Gasteiger partial charge in [-0.25, -0.2) is 19.9 Å². The average molecular weight is 1140 g/mol. The van der Waals surface area contributed by atoms with Crippen LogP contribution in [-0.2, 0) is 9.47 Å². The zero-order chi connectivity index (χ0) is 48.0. The summed E-state index contributed by atoms with van der Waals surface area (Å²) in [6, 6.07) is 45.4. The van der Waals surface area contributed by atoms with E-state index in [1.165, 1.54) is 21.7 Å². The normalized spacial score (nSPS) is 14.0. The maximum atomic E-state index is 10.2. The summed E-state index contributed by atoms with van der Waals surface area (Å²) < 4.78 is 15.3. The van der Waals surface area contributed by atoms with Crippen molar-refractivity contribution < 1.29 is 14.6 Å². The molecule has 360 valence electrons. The topological polar surface area (TPSA) is 150 Å². The number of halogens is 3. The Morgan fingerprint density at radius 3 is 1.45 bits per heavy atom. The first-order valence-electron chi connectivity index (χ1n) is 23.2. The van der Waals surface area contributed by atoms with Gasteiger partial charge in [0.25, 0.3) is 0 Å². The summed E-state index contributed by atoms with van der Waals surface area (Å²) in [5, 5.41) is 21.8. The van der Waals surface area contributed by atoms with Gasteiger partial charge in [-0.15, -0.1) is 47.3 Å². The van der Waals surface area contributed by atoms with Crippen molar-refractivity contribution in [3.8, 4) is 40.2 Å². The quantitative estimate of drug-likeness (QED) is 0.125. The van der Waals surface area contributed by atoms with Gasteiger partial charge in [0.1, 0.15) is 29.0 Å². The number of phenolic OH excluding ortho intramolecular Hbond substituents is 1. The van der Waals surface area contributed by atoms with Crippen molar-refractivity contribution in [1.29, 1.82) is 0 Å². The van der Waals surface area contributed by atoms with Gasteiger partial charge in [-0.2, -0.15) is 9.97 Å². The van der Waals surface area contributed by atoms with Crippen LogP contribution in [-0.4, -0.2) is 85.8 Å². The fourth-order valence-electron chi connectivity index (χ4n) is 8.89. The molecule has 0 atom stereocenters. The zero-order valence-corrected chi connectivity index (χ0v) is 43.0. The highest BCUT2D eigenvalue weighted by Crippen LogP contribution is 2.33. The van der Waals surface area contributed by atoms with Crippen LogP contribution in [0.2, 0.25) is 0 Å². The number of hydrogen-bond donors (Lipinski definition) is 3. The largest absolute Gasteiger partial charge is 0.508 e. The molecule has 0 radical (unpaired) electrons. The highest BCUT2D eigenvalue weighted by atomic mass is 79.9. The SMILES string of the molecule is BrB(Br)Br.C.Cc1ccc2nc(-c3ccc4ccccc4c3)n(-c3ccnc(NC4CCOCC4)n3)c2c1.Oc1ccc2nc(-c3ccc4ccccc4c3)n(-c3ccnc(NC4CCOCC4)n3)c2c1. The van der Waals surface area contributed by atoms with Crippen molar-refractivity contribution in [3.05, 3.63) is 151 Å². The number of hydrogen-bond acceptors (Lipinski definition) is 11. The lowest BCUT2D eigenvalue weighted by atomic mass is 10.1. The summed E-state index contributed by atoms with van der Waals surface area (Å²) in [6.07, 6.45) is 7.35. The smallest absolute Gasteiger partial charge is 0.369 e. The summed E-state index contributed by atoms with van der Waals surface area (Å²) in [4.78, 5) is 28.6. The molecule has 6 heterocycles. The molecule has 71 heavy (non-hydrogen) atoms. The molecule has 6 aromatic carbocycles. The standard InChI is InChI=1S/C27H25N5O.C26H23N5O2.CH4.BBr3/c1-18-6-9-23-24(16-18)32(25-10-13-28-27(31-25)29-22-11-14-33-15-12-22)26(30-23)21-8-7-19-4-2-3-5-20(19)17-21;32-21-7-8-22-23(16-21)31(24-9-12-27-26(30-24)28-20-10-13-33-14-11-20)25(29-22)19-6-5-17-3-1-2-4-18(17)15-19;;2-1(3)4/h2-10,13,16-17,22H,11-12,14-15H2,1H3,(H,28,29,31);1-9,12,15-16,20,32H,10-11,13-14H2,(H,27,28,30);1H4;. The van der Waals surface area contributed by atoms with E-state index in [9.17, 15) is 5.11 Å². The van der Waals surface area contributed by atoms with Crippen molar-refractivity contribution >= 4 is 106 Å². The lowest BCUT2D eigenvalue weighted by Gasteiger charge is -2.23. The molecule has 13 nitrogen and oxygen atoms in total. The van der Waals surface area contributed by atoms with E-state index in [1.807, 2.05) is 41.1 Å². The Bertz CT molecular complexity index is 3210. The Morgan fingerprint density at radius 1 is 0.535 bits per heavy atom. The Hall–Kier alpha value is -6.24. The molecule has 0 unspecified atom stereocenters. The molecule has 0 aliphatic carbocycles. The van der Waals surface area contributed by atoms with Gasteiger partial charge in [-0.05, 0) is 108 Å². The van der Waals surface area contributed by atoms with Gasteiger partial charge in [0.2, 0.25) is 11.9 Å². The van der Waals surface area contributed by atoms with E-state index in [2.05, 4.69) is 170 Å². The predicted octanol–water partition coefficient (Wildman–Crippen LogP) is 13.3. The van der Waals surface area contributed by atoms with Gasteiger partial charge in [-0.3, -0.25) is 9.13 Å². The third-order valence-corrected chi connectivity index (χ3v) is 12.3. The van der Waals surface area contributed by atoms with E-state index in [-0.39, 0.29) is 22.4 Å². The third-order valence-electron chi connectivity index (χ3n) is 12.3. The van der Waals surface area contributed by atoms with Gasteiger partial charge in [0.15, 0.2) is 0 Å².